The first-order chi connectivity index (χ1) is 6.52. The topological polar surface area (TPSA) is 46.3 Å². The summed E-state index contributed by atoms with van der Waals surface area (Å²) in [5.74, 6) is 0.630. The molecule has 1 unspecified atom stereocenters. The molecular weight excluding hydrogens is 176 g/mol. The van der Waals surface area contributed by atoms with E-state index in [9.17, 15) is 4.79 Å². The van der Waals surface area contributed by atoms with Crippen molar-refractivity contribution in [3.8, 4) is 0 Å². The molecule has 0 saturated heterocycles. The highest BCUT2D eigenvalue weighted by Gasteiger charge is 2.17. The summed E-state index contributed by atoms with van der Waals surface area (Å²) in [6, 6.07) is -0.311. The normalized spacial score (nSPS) is 14.9. The van der Waals surface area contributed by atoms with E-state index in [1.807, 2.05) is 14.0 Å². The van der Waals surface area contributed by atoms with Gasteiger partial charge in [0.1, 0.15) is 0 Å². The van der Waals surface area contributed by atoms with Crippen LogP contribution in [0.25, 0.3) is 0 Å². The molecule has 84 valence electrons. The van der Waals surface area contributed by atoms with Crippen molar-refractivity contribution in [3.05, 3.63) is 0 Å². The highest BCUT2D eigenvalue weighted by atomic mass is 16.2. The molecule has 0 aromatic carbocycles. The lowest BCUT2D eigenvalue weighted by molar-refractivity contribution is -0.131. The number of nitrogens with zero attached hydrogens (tertiary/aromatic N) is 1. The molecule has 1 amide bonds. The van der Waals surface area contributed by atoms with Crippen LogP contribution in [0.15, 0.2) is 0 Å². The van der Waals surface area contributed by atoms with Crippen molar-refractivity contribution in [1.82, 2.24) is 4.90 Å². The fourth-order valence-electron chi connectivity index (χ4n) is 1.40. The van der Waals surface area contributed by atoms with Crippen LogP contribution in [0.3, 0.4) is 0 Å². The average molecular weight is 200 g/mol. The molecule has 0 aromatic heterocycles. The molecule has 14 heavy (non-hydrogen) atoms. The SMILES string of the molecule is CCC[C@H](N)C(=O)N(C)CC(C)CC. The second-order valence-corrected chi connectivity index (χ2v) is 4.13. The average Bonchev–Trinajstić information content (AvgIpc) is 2.16. The van der Waals surface area contributed by atoms with Crippen LogP contribution in [0.5, 0.6) is 0 Å². The van der Waals surface area contributed by atoms with Crippen LogP contribution in [-0.2, 0) is 4.79 Å². The molecule has 0 heterocycles. The fraction of sp³-hybridized carbons (Fsp3) is 0.909. The minimum Gasteiger partial charge on any atom is -0.344 e. The van der Waals surface area contributed by atoms with Crippen LogP contribution in [0.4, 0.5) is 0 Å². The first-order valence-electron chi connectivity index (χ1n) is 5.53. The molecule has 0 aromatic rings. The predicted octanol–water partition coefficient (Wildman–Crippen LogP) is 1.62. The predicted molar refractivity (Wildman–Crippen MR) is 60.0 cm³/mol. The van der Waals surface area contributed by atoms with Gasteiger partial charge in [0.2, 0.25) is 5.91 Å². The Hall–Kier alpha value is -0.570. The Kier molecular flexibility index (Phi) is 6.54. The van der Waals surface area contributed by atoms with E-state index in [2.05, 4.69) is 13.8 Å². The van der Waals surface area contributed by atoms with E-state index in [0.717, 1.165) is 25.8 Å². The number of likely N-dealkylation sites (N-methyl/N-ethyl adjacent to an activating group) is 1. The van der Waals surface area contributed by atoms with Gasteiger partial charge < -0.3 is 10.6 Å². The molecule has 2 atom stereocenters. The van der Waals surface area contributed by atoms with Gasteiger partial charge in [0, 0.05) is 13.6 Å². The van der Waals surface area contributed by atoms with E-state index in [1.54, 1.807) is 4.90 Å². The van der Waals surface area contributed by atoms with E-state index < -0.39 is 0 Å². The minimum absolute atomic E-state index is 0.0761. The first kappa shape index (κ1) is 13.4. The zero-order valence-corrected chi connectivity index (χ0v) is 9.92. The third kappa shape index (κ3) is 4.61. The highest BCUT2D eigenvalue weighted by molar-refractivity contribution is 5.81. The molecule has 0 radical (unpaired) electrons. The number of carbonyl (C=O) groups excluding carboxylic acids is 1. The van der Waals surface area contributed by atoms with Crippen LogP contribution < -0.4 is 5.73 Å². The summed E-state index contributed by atoms with van der Waals surface area (Å²) in [6.07, 6.45) is 2.84. The molecule has 2 N–H and O–H groups in total. The van der Waals surface area contributed by atoms with Crippen molar-refractivity contribution in [2.24, 2.45) is 11.7 Å². The molecular formula is C11H24N2O. The lowest BCUT2D eigenvalue weighted by atomic mass is 10.1. The largest absolute Gasteiger partial charge is 0.344 e. The van der Waals surface area contributed by atoms with Gasteiger partial charge in [0.05, 0.1) is 6.04 Å². The van der Waals surface area contributed by atoms with E-state index in [-0.39, 0.29) is 11.9 Å². The Labute approximate surface area is 87.6 Å². The standard InChI is InChI=1S/C11H24N2O/c1-5-7-10(12)11(14)13(4)8-9(3)6-2/h9-10H,5-8,12H2,1-4H3/t9?,10-/m0/s1. The van der Waals surface area contributed by atoms with Crippen molar-refractivity contribution >= 4 is 5.91 Å². The molecule has 0 aliphatic rings. The van der Waals surface area contributed by atoms with Gasteiger partial charge in [-0.3, -0.25) is 4.79 Å². The van der Waals surface area contributed by atoms with Gasteiger partial charge in [0.15, 0.2) is 0 Å². The van der Waals surface area contributed by atoms with Gasteiger partial charge in [-0.2, -0.15) is 0 Å². The Bertz CT molecular complexity index is 171. The van der Waals surface area contributed by atoms with Gasteiger partial charge in [-0.05, 0) is 12.3 Å². The van der Waals surface area contributed by atoms with Crippen LogP contribution in [0.1, 0.15) is 40.0 Å². The lowest BCUT2D eigenvalue weighted by Crippen LogP contribution is -2.43. The third-order valence-corrected chi connectivity index (χ3v) is 2.58. The zero-order chi connectivity index (χ0) is 11.1. The fourth-order valence-corrected chi connectivity index (χ4v) is 1.40. The summed E-state index contributed by atoms with van der Waals surface area (Å²) in [4.78, 5) is 13.4. The van der Waals surface area contributed by atoms with E-state index in [4.69, 9.17) is 5.73 Å². The van der Waals surface area contributed by atoms with Crippen molar-refractivity contribution in [2.45, 2.75) is 46.1 Å². The van der Waals surface area contributed by atoms with Gasteiger partial charge in [-0.25, -0.2) is 0 Å². The van der Waals surface area contributed by atoms with E-state index in [0.29, 0.717) is 5.92 Å². The van der Waals surface area contributed by atoms with Crippen LogP contribution in [0.2, 0.25) is 0 Å². The molecule has 0 bridgehead atoms. The van der Waals surface area contributed by atoms with Crippen molar-refractivity contribution in [1.29, 1.82) is 0 Å². The van der Waals surface area contributed by atoms with Gasteiger partial charge in [-0.15, -0.1) is 0 Å². The van der Waals surface area contributed by atoms with Gasteiger partial charge in [-0.1, -0.05) is 33.6 Å². The summed E-state index contributed by atoms with van der Waals surface area (Å²) in [6.45, 7) is 7.14. The van der Waals surface area contributed by atoms with E-state index in [1.165, 1.54) is 0 Å². The third-order valence-electron chi connectivity index (χ3n) is 2.58. The number of hydrogen-bond acceptors (Lipinski definition) is 2. The molecule has 0 fully saturated rings. The highest BCUT2D eigenvalue weighted by Crippen LogP contribution is 2.05. The number of rotatable bonds is 6. The maximum atomic E-state index is 11.7. The summed E-state index contributed by atoms with van der Waals surface area (Å²) in [7, 11) is 1.84. The summed E-state index contributed by atoms with van der Waals surface area (Å²) in [5.41, 5.74) is 5.75. The molecule has 3 nitrogen and oxygen atoms in total. The number of hydrogen-bond donors (Lipinski definition) is 1. The quantitative estimate of drug-likeness (QED) is 0.708. The Morgan fingerprint density at radius 3 is 2.43 bits per heavy atom. The van der Waals surface area contributed by atoms with E-state index >= 15 is 0 Å². The Morgan fingerprint density at radius 2 is 2.00 bits per heavy atom. The summed E-state index contributed by atoms with van der Waals surface area (Å²) < 4.78 is 0. The number of carbonyl (C=O) groups is 1. The van der Waals surface area contributed by atoms with Crippen molar-refractivity contribution in [2.75, 3.05) is 13.6 Å². The van der Waals surface area contributed by atoms with Crippen molar-refractivity contribution < 1.29 is 4.79 Å². The Morgan fingerprint density at radius 1 is 1.43 bits per heavy atom. The second kappa shape index (κ2) is 6.82. The molecule has 0 rings (SSSR count). The summed E-state index contributed by atoms with van der Waals surface area (Å²) >= 11 is 0. The monoisotopic (exact) mass is 200 g/mol. The number of nitrogens with two attached hydrogens (primary N) is 1. The second-order valence-electron chi connectivity index (χ2n) is 4.13. The van der Waals surface area contributed by atoms with Crippen LogP contribution in [0, 0.1) is 5.92 Å². The van der Waals surface area contributed by atoms with Crippen molar-refractivity contribution in [3.63, 3.8) is 0 Å². The van der Waals surface area contributed by atoms with Crippen LogP contribution >= 0.6 is 0 Å². The maximum Gasteiger partial charge on any atom is 0.239 e. The smallest absolute Gasteiger partial charge is 0.239 e. The maximum absolute atomic E-state index is 11.7. The lowest BCUT2D eigenvalue weighted by Gasteiger charge is -2.23. The molecule has 0 aliphatic heterocycles. The number of amides is 1. The minimum atomic E-state index is -0.311. The van der Waals surface area contributed by atoms with Crippen LogP contribution in [-0.4, -0.2) is 30.4 Å². The molecule has 0 aliphatic carbocycles. The molecule has 3 heteroatoms. The van der Waals surface area contributed by atoms with Gasteiger partial charge in [0.25, 0.3) is 0 Å². The first-order valence-corrected chi connectivity index (χ1v) is 5.53. The zero-order valence-electron chi connectivity index (χ0n) is 9.92. The molecule has 0 saturated carbocycles. The summed E-state index contributed by atoms with van der Waals surface area (Å²) in [5, 5.41) is 0. The molecule has 0 spiro atoms. The van der Waals surface area contributed by atoms with Gasteiger partial charge >= 0.3 is 0 Å². The Balaban J connectivity index is 3.98.